The molecule has 5 heteroatoms. The number of carbonyl (C=O) groups is 1. The SMILES string of the molecule is CC(Cn1cnc2ccccc21)C(=O)NN=Cc1ccccc1. The van der Waals surface area contributed by atoms with Crippen molar-refractivity contribution in [3.63, 3.8) is 0 Å². The molecule has 1 N–H and O–H groups in total. The Morgan fingerprint density at radius 1 is 1.22 bits per heavy atom. The second-order valence-corrected chi connectivity index (χ2v) is 5.43. The number of amides is 1. The Balaban J connectivity index is 1.60. The van der Waals surface area contributed by atoms with E-state index in [9.17, 15) is 4.79 Å². The molecule has 0 aliphatic rings. The molecule has 3 rings (SSSR count). The van der Waals surface area contributed by atoms with E-state index in [1.54, 1.807) is 12.5 Å². The molecule has 23 heavy (non-hydrogen) atoms. The third kappa shape index (κ3) is 3.63. The lowest BCUT2D eigenvalue weighted by molar-refractivity contribution is -0.124. The van der Waals surface area contributed by atoms with Crippen LogP contribution in [0.2, 0.25) is 0 Å². The number of hydrogen-bond donors (Lipinski definition) is 1. The van der Waals surface area contributed by atoms with Crippen LogP contribution in [-0.4, -0.2) is 21.7 Å². The van der Waals surface area contributed by atoms with Gasteiger partial charge in [0.1, 0.15) is 0 Å². The summed E-state index contributed by atoms with van der Waals surface area (Å²) < 4.78 is 1.99. The molecule has 0 saturated heterocycles. The number of rotatable bonds is 5. The molecule has 1 amide bonds. The van der Waals surface area contributed by atoms with E-state index in [2.05, 4.69) is 15.5 Å². The fourth-order valence-electron chi connectivity index (χ4n) is 2.35. The molecule has 3 aromatic rings. The van der Waals surface area contributed by atoms with E-state index in [1.807, 2.05) is 66.1 Å². The number of nitrogens with zero attached hydrogens (tertiary/aromatic N) is 3. The van der Waals surface area contributed by atoms with Gasteiger partial charge in [-0.15, -0.1) is 0 Å². The first-order chi connectivity index (χ1) is 11.2. The number of aromatic nitrogens is 2. The van der Waals surface area contributed by atoms with Gasteiger partial charge in [0.05, 0.1) is 29.5 Å². The van der Waals surface area contributed by atoms with Gasteiger partial charge in [-0.3, -0.25) is 4.79 Å². The maximum absolute atomic E-state index is 12.1. The van der Waals surface area contributed by atoms with Crippen LogP contribution >= 0.6 is 0 Å². The molecule has 1 atom stereocenters. The lowest BCUT2D eigenvalue weighted by Gasteiger charge is -2.11. The van der Waals surface area contributed by atoms with Gasteiger partial charge < -0.3 is 4.57 Å². The molecule has 0 bridgehead atoms. The zero-order valence-corrected chi connectivity index (χ0v) is 12.9. The molecule has 0 aliphatic heterocycles. The van der Waals surface area contributed by atoms with Crippen molar-refractivity contribution >= 4 is 23.2 Å². The predicted octanol–water partition coefficient (Wildman–Crippen LogP) is 2.82. The van der Waals surface area contributed by atoms with Crippen LogP contribution in [0.4, 0.5) is 0 Å². The van der Waals surface area contributed by atoms with Crippen molar-refractivity contribution in [2.75, 3.05) is 0 Å². The Morgan fingerprint density at radius 3 is 2.78 bits per heavy atom. The van der Waals surface area contributed by atoms with Crippen molar-refractivity contribution < 1.29 is 4.79 Å². The van der Waals surface area contributed by atoms with E-state index in [4.69, 9.17) is 0 Å². The average molecular weight is 306 g/mol. The molecule has 1 aromatic heterocycles. The van der Waals surface area contributed by atoms with Gasteiger partial charge in [0.15, 0.2) is 0 Å². The maximum atomic E-state index is 12.1. The van der Waals surface area contributed by atoms with Crippen molar-refractivity contribution in [3.05, 3.63) is 66.5 Å². The van der Waals surface area contributed by atoms with Crippen molar-refractivity contribution in [3.8, 4) is 0 Å². The number of imidazole rings is 1. The summed E-state index contributed by atoms with van der Waals surface area (Å²) in [5, 5.41) is 4.00. The molecule has 1 unspecified atom stereocenters. The van der Waals surface area contributed by atoms with Crippen molar-refractivity contribution in [2.24, 2.45) is 11.0 Å². The van der Waals surface area contributed by atoms with Crippen molar-refractivity contribution in [1.82, 2.24) is 15.0 Å². The van der Waals surface area contributed by atoms with Crippen LogP contribution in [0.15, 0.2) is 66.0 Å². The van der Waals surface area contributed by atoms with E-state index >= 15 is 0 Å². The summed E-state index contributed by atoms with van der Waals surface area (Å²) in [4.78, 5) is 16.5. The first-order valence-corrected chi connectivity index (χ1v) is 7.52. The van der Waals surface area contributed by atoms with Gasteiger partial charge in [-0.2, -0.15) is 5.10 Å². The molecule has 0 fully saturated rings. The summed E-state index contributed by atoms with van der Waals surface area (Å²) in [5.74, 6) is -0.324. The molecule has 5 nitrogen and oxygen atoms in total. The molecule has 0 aliphatic carbocycles. The van der Waals surface area contributed by atoms with Crippen LogP contribution in [0.25, 0.3) is 11.0 Å². The van der Waals surface area contributed by atoms with Gasteiger partial charge in [-0.1, -0.05) is 49.4 Å². The van der Waals surface area contributed by atoms with Crippen molar-refractivity contribution in [1.29, 1.82) is 0 Å². The van der Waals surface area contributed by atoms with Crippen LogP contribution in [-0.2, 0) is 11.3 Å². The fourth-order valence-corrected chi connectivity index (χ4v) is 2.35. The zero-order chi connectivity index (χ0) is 16.1. The number of nitrogens with one attached hydrogen (secondary N) is 1. The number of fused-ring (bicyclic) bond motifs is 1. The van der Waals surface area contributed by atoms with Gasteiger partial charge in [0.2, 0.25) is 5.91 Å². The summed E-state index contributed by atoms with van der Waals surface area (Å²) in [5.41, 5.74) is 5.49. The van der Waals surface area contributed by atoms with Gasteiger partial charge in [-0.25, -0.2) is 10.4 Å². The number of hydrazone groups is 1. The molecule has 1 heterocycles. The molecular formula is C18H18N4O. The second kappa shape index (κ2) is 6.87. The van der Waals surface area contributed by atoms with Gasteiger partial charge in [-0.05, 0) is 17.7 Å². The Hall–Kier alpha value is -2.95. The summed E-state index contributed by atoms with van der Waals surface area (Å²) in [6, 6.07) is 17.5. The minimum absolute atomic E-state index is 0.116. The molecule has 2 aromatic carbocycles. The molecule has 0 saturated carbocycles. The summed E-state index contributed by atoms with van der Waals surface area (Å²) in [6.07, 6.45) is 3.40. The highest BCUT2D eigenvalue weighted by molar-refractivity contribution is 5.83. The van der Waals surface area contributed by atoms with E-state index < -0.39 is 0 Å². The van der Waals surface area contributed by atoms with Crippen LogP contribution in [0.5, 0.6) is 0 Å². The molecule has 0 spiro atoms. The zero-order valence-electron chi connectivity index (χ0n) is 12.9. The first-order valence-electron chi connectivity index (χ1n) is 7.52. The second-order valence-electron chi connectivity index (χ2n) is 5.43. The van der Waals surface area contributed by atoms with Gasteiger partial charge in [0, 0.05) is 6.54 Å². The maximum Gasteiger partial charge on any atom is 0.244 e. The Labute approximate surface area is 134 Å². The monoisotopic (exact) mass is 306 g/mol. The lowest BCUT2D eigenvalue weighted by atomic mass is 10.1. The Morgan fingerprint density at radius 2 is 1.96 bits per heavy atom. The van der Waals surface area contributed by atoms with E-state index in [0.29, 0.717) is 6.54 Å². The van der Waals surface area contributed by atoms with E-state index in [-0.39, 0.29) is 11.8 Å². The van der Waals surface area contributed by atoms with E-state index in [1.165, 1.54) is 0 Å². The number of para-hydroxylation sites is 2. The normalized spacial score (nSPS) is 12.6. The highest BCUT2D eigenvalue weighted by Gasteiger charge is 2.14. The van der Waals surface area contributed by atoms with Crippen molar-refractivity contribution in [2.45, 2.75) is 13.5 Å². The van der Waals surface area contributed by atoms with Gasteiger partial charge in [0.25, 0.3) is 0 Å². The standard InChI is InChI=1S/C18H18N4O/c1-14(12-22-13-19-16-9-5-6-10-17(16)22)18(23)21-20-11-15-7-3-2-4-8-15/h2-11,13-14H,12H2,1H3,(H,21,23). The number of hydrogen-bond acceptors (Lipinski definition) is 3. The first kappa shape index (κ1) is 15.0. The van der Waals surface area contributed by atoms with E-state index in [0.717, 1.165) is 16.6 Å². The quantitative estimate of drug-likeness (QED) is 0.582. The highest BCUT2D eigenvalue weighted by Crippen LogP contribution is 2.13. The van der Waals surface area contributed by atoms with Gasteiger partial charge >= 0.3 is 0 Å². The van der Waals surface area contributed by atoms with Crippen LogP contribution < -0.4 is 5.43 Å². The molecule has 116 valence electrons. The number of benzene rings is 2. The summed E-state index contributed by atoms with van der Waals surface area (Å²) in [6.45, 7) is 2.44. The predicted molar refractivity (Wildman–Crippen MR) is 91.1 cm³/mol. The fraction of sp³-hybridized carbons (Fsp3) is 0.167. The van der Waals surface area contributed by atoms with Crippen LogP contribution in [0, 0.1) is 5.92 Å². The highest BCUT2D eigenvalue weighted by atomic mass is 16.2. The smallest absolute Gasteiger partial charge is 0.244 e. The third-order valence-corrected chi connectivity index (χ3v) is 3.63. The Kier molecular flexibility index (Phi) is 4.47. The van der Waals surface area contributed by atoms with Crippen LogP contribution in [0.3, 0.4) is 0 Å². The number of carbonyl (C=O) groups excluding carboxylic acids is 1. The molecule has 0 radical (unpaired) electrons. The Bertz CT molecular complexity index is 823. The summed E-state index contributed by atoms with van der Waals surface area (Å²) in [7, 11) is 0. The topological polar surface area (TPSA) is 59.3 Å². The summed E-state index contributed by atoms with van der Waals surface area (Å²) >= 11 is 0. The minimum Gasteiger partial charge on any atom is -0.330 e. The largest absolute Gasteiger partial charge is 0.330 e. The molecular weight excluding hydrogens is 288 g/mol. The lowest BCUT2D eigenvalue weighted by Crippen LogP contribution is -2.27. The minimum atomic E-state index is -0.208. The third-order valence-electron chi connectivity index (χ3n) is 3.63. The van der Waals surface area contributed by atoms with Crippen LogP contribution in [0.1, 0.15) is 12.5 Å². The average Bonchev–Trinajstić information content (AvgIpc) is 2.99.